The van der Waals surface area contributed by atoms with E-state index in [1.54, 1.807) is 14.2 Å². The molecule has 0 aliphatic carbocycles. The van der Waals surface area contributed by atoms with Crippen LogP contribution in [-0.2, 0) is 9.63 Å². The lowest BCUT2D eigenvalue weighted by Gasteiger charge is -2.45. The fraction of sp³-hybridized carbons (Fsp3) is 0.909. The summed E-state index contributed by atoms with van der Waals surface area (Å²) in [4.78, 5) is 17.1. The second-order valence-electron chi connectivity index (χ2n) is 5.30. The first kappa shape index (κ1) is 15.4. The van der Waals surface area contributed by atoms with E-state index in [1.807, 2.05) is 23.5 Å². The van der Waals surface area contributed by atoms with E-state index < -0.39 is 8.07 Å². The second-order valence-corrected chi connectivity index (χ2v) is 14.4. The molecule has 0 aromatic heterocycles. The highest BCUT2D eigenvalue weighted by Crippen LogP contribution is 2.50. The normalized spacial score (nSPS) is 20.1. The zero-order valence-corrected chi connectivity index (χ0v) is 14.0. The van der Waals surface area contributed by atoms with E-state index >= 15 is 0 Å². The van der Waals surface area contributed by atoms with Gasteiger partial charge in [-0.05, 0) is 17.9 Å². The molecule has 0 unspecified atom stereocenters. The molecule has 0 bridgehead atoms. The van der Waals surface area contributed by atoms with Crippen molar-refractivity contribution in [2.75, 3.05) is 25.7 Å². The largest absolute Gasteiger partial charge is 0.275 e. The first-order valence-electron chi connectivity index (χ1n) is 5.91. The van der Waals surface area contributed by atoms with Gasteiger partial charge < -0.3 is 0 Å². The molecule has 100 valence electrons. The maximum Gasteiger partial charge on any atom is 0.247 e. The third kappa shape index (κ3) is 3.65. The number of hydroxylamine groups is 2. The fourth-order valence-electron chi connectivity index (χ4n) is 1.79. The predicted molar refractivity (Wildman–Crippen MR) is 80.0 cm³/mol. The lowest BCUT2D eigenvalue weighted by molar-refractivity contribution is -0.168. The molecule has 0 aromatic carbocycles. The number of amides is 1. The Labute approximate surface area is 114 Å². The van der Waals surface area contributed by atoms with Crippen molar-refractivity contribution >= 4 is 37.5 Å². The smallest absolute Gasteiger partial charge is 0.247 e. The molecule has 1 rings (SSSR count). The maximum absolute atomic E-state index is 12.1. The molecular formula is C11H23NO2S2Si. The zero-order valence-electron chi connectivity index (χ0n) is 11.4. The van der Waals surface area contributed by atoms with Crippen LogP contribution in [0.25, 0.3) is 0 Å². The van der Waals surface area contributed by atoms with Gasteiger partial charge in [-0.3, -0.25) is 9.63 Å². The van der Waals surface area contributed by atoms with Crippen molar-refractivity contribution in [2.45, 2.75) is 36.2 Å². The summed E-state index contributed by atoms with van der Waals surface area (Å²) in [7, 11) is 1.83. The monoisotopic (exact) mass is 293 g/mol. The van der Waals surface area contributed by atoms with Gasteiger partial charge in [0.15, 0.2) is 0 Å². The summed E-state index contributed by atoms with van der Waals surface area (Å²) in [5.41, 5.74) is 0. The van der Waals surface area contributed by atoms with E-state index in [1.165, 1.54) is 23.0 Å². The summed E-state index contributed by atoms with van der Waals surface area (Å²) in [6, 6.07) is 0. The Morgan fingerprint density at radius 3 is 2.29 bits per heavy atom. The second kappa shape index (κ2) is 5.99. The van der Waals surface area contributed by atoms with Gasteiger partial charge in [-0.1, -0.05) is 19.6 Å². The van der Waals surface area contributed by atoms with Gasteiger partial charge in [-0.2, -0.15) is 0 Å². The van der Waals surface area contributed by atoms with Crippen molar-refractivity contribution in [3.05, 3.63) is 0 Å². The highest BCUT2D eigenvalue weighted by Gasteiger charge is 2.47. The van der Waals surface area contributed by atoms with E-state index in [-0.39, 0.29) is 9.61 Å². The molecule has 1 aliphatic heterocycles. The molecule has 1 saturated heterocycles. The van der Waals surface area contributed by atoms with E-state index in [4.69, 9.17) is 4.84 Å². The van der Waals surface area contributed by atoms with Crippen LogP contribution in [0.4, 0.5) is 0 Å². The molecule has 1 heterocycles. The van der Waals surface area contributed by atoms with Crippen molar-refractivity contribution < 1.29 is 9.63 Å². The number of carbonyl (C=O) groups is 1. The Morgan fingerprint density at radius 1 is 1.35 bits per heavy atom. The Hall–Kier alpha value is 0.347. The molecule has 17 heavy (non-hydrogen) atoms. The van der Waals surface area contributed by atoms with Crippen LogP contribution in [-0.4, -0.2) is 48.4 Å². The average Bonchev–Trinajstić information content (AvgIpc) is 2.27. The van der Waals surface area contributed by atoms with Crippen LogP contribution in [0.1, 0.15) is 12.8 Å². The van der Waals surface area contributed by atoms with Gasteiger partial charge >= 0.3 is 0 Å². The number of hydrogen-bond donors (Lipinski definition) is 0. The van der Waals surface area contributed by atoms with Gasteiger partial charge in [-0.15, -0.1) is 23.5 Å². The molecule has 6 heteroatoms. The van der Waals surface area contributed by atoms with Crippen molar-refractivity contribution in [1.29, 1.82) is 0 Å². The molecule has 0 aromatic rings. The van der Waals surface area contributed by atoms with Crippen LogP contribution in [0, 0.1) is 0 Å². The van der Waals surface area contributed by atoms with E-state index in [9.17, 15) is 4.79 Å². The number of nitrogens with zero attached hydrogens (tertiary/aromatic N) is 1. The van der Waals surface area contributed by atoms with Gasteiger partial charge in [0.25, 0.3) is 0 Å². The van der Waals surface area contributed by atoms with E-state index in [0.717, 1.165) is 0 Å². The molecular weight excluding hydrogens is 270 g/mol. The van der Waals surface area contributed by atoms with E-state index in [0.29, 0.717) is 6.42 Å². The van der Waals surface area contributed by atoms with Crippen LogP contribution in [0.5, 0.6) is 0 Å². The van der Waals surface area contributed by atoms with Crippen LogP contribution in [0.3, 0.4) is 0 Å². The third-order valence-corrected chi connectivity index (χ3v) is 13.0. The highest BCUT2D eigenvalue weighted by atomic mass is 32.2. The standard InChI is InChI=1S/C11H23NO2S2Si/c1-12(14-2)10(13)9-11(17(3,4)5)15-7-6-8-16-11/h6-9H2,1-5H3. The van der Waals surface area contributed by atoms with Gasteiger partial charge in [-0.25, -0.2) is 5.06 Å². The topological polar surface area (TPSA) is 29.5 Å². The number of rotatable bonds is 4. The van der Waals surface area contributed by atoms with E-state index in [2.05, 4.69) is 19.6 Å². The summed E-state index contributed by atoms with van der Waals surface area (Å²) in [5.74, 6) is 2.46. The molecule has 1 aliphatic rings. The maximum atomic E-state index is 12.1. The summed E-state index contributed by atoms with van der Waals surface area (Å²) in [6.07, 6.45) is 1.86. The molecule has 3 nitrogen and oxygen atoms in total. The minimum atomic E-state index is -1.41. The molecule has 1 amide bonds. The number of thioether (sulfide) groups is 2. The quantitative estimate of drug-likeness (QED) is 0.589. The Bertz CT molecular complexity index is 275. The predicted octanol–water partition coefficient (Wildman–Crippen LogP) is 2.84. The SMILES string of the molecule is CON(C)C(=O)CC1([Si](C)(C)C)SCCCS1. The highest BCUT2D eigenvalue weighted by molar-refractivity contribution is 8.21. The van der Waals surface area contributed by atoms with Gasteiger partial charge in [0, 0.05) is 13.5 Å². The number of carbonyl (C=O) groups excluding carboxylic acids is 1. The van der Waals surface area contributed by atoms with Gasteiger partial charge in [0.1, 0.15) is 0 Å². The van der Waals surface area contributed by atoms with Crippen LogP contribution < -0.4 is 0 Å². The van der Waals surface area contributed by atoms with Gasteiger partial charge in [0.2, 0.25) is 5.91 Å². The average molecular weight is 294 g/mol. The first-order chi connectivity index (χ1) is 7.82. The Balaban J connectivity index is 2.81. The molecule has 0 saturated carbocycles. The molecule has 0 spiro atoms. The Morgan fingerprint density at radius 2 is 1.88 bits per heavy atom. The van der Waals surface area contributed by atoms with Crippen molar-refractivity contribution in [1.82, 2.24) is 5.06 Å². The fourth-order valence-corrected chi connectivity index (χ4v) is 9.25. The lowest BCUT2D eigenvalue weighted by Crippen LogP contribution is -2.51. The lowest BCUT2D eigenvalue weighted by atomic mass is 10.4. The van der Waals surface area contributed by atoms with Crippen LogP contribution >= 0.6 is 23.5 Å². The Kier molecular flexibility index (Phi) is 5.43. The minimum absolute atomic E-state index is 0.0943. The van der Waals surface area contributed by atoms with Gasteiger partial charge in [0.05, 0.1) is 18.9 Å². The zero-order chi connectivity index (χ0) is 13.1. The minimum Gasteiger partial charge on any atom is -0.275 e. The third-order valence-electron chi connectivity index (χ3n) is 3.11. The van der Waals surface area contributed by atoms with Crippen molar-refractivity contribution in [3.8, 4) is 0 Å². The summed E-state index contributed by atoms with van der Waals surface area (Å²) < 4.78 is 0.120. The van der Waals surface area contributed by atoms with Crippen molar-refractivity contribution in [3.63, 3.8) is 0 Å². The molecule has 0 N–H and O–H groups in total. The van der Waals surface area contributed by atoms with Crippen LogP contribution in [0.2, 0.25) is 19.6 Å². The summed E-state index contributed by atoms with van der Waals surface area (Å²) in [6.45, 7) is 7.08. The molecule has 0 atom stereocenters. The summed E-state index contributed by atoms with van der Waals surface area (Å²) >= 11 is 3.99. The molecule has 1 fully saturated rings. The van der Waals surface area contributed by atoms with Crippen molar-refractivity contribution in [2.24, 2.45) is 0 Å². The number of hydrogen-bond acceptors (Lipinski definition) is 4. The van der Waals surface area contributed by atoms with Crippen LogP contribution in [0.15, 0.2) is 0 Å². The summed E-state index contributed by atoms with van der Waals surface area (Å²) in [5, 5.41) is 1.36. The first-order valence-corrected chi connectivity index (χ1v) is 11.4. The molecule has 0 radical (unpaired) electrons.